The van der Waals surface area contributed by atoms with E-state index in [1.54, 1.807) is 0 Å². The second-order valence-corrected chi connectivity index (χ2v) is 8.05. The first-order valence-corrected chi connectivity index (χ1v) is 9.10. The molecule has 1 amide bonds. The van der Waals surface area contributed by atoms with E-state index in [4.69, 9.17) is 0 Å². The number of thioether (sulfide) groups is 1. The number of hydrogen-bond acceptors (Lipinski definition) is 3. The monoisotopic (exact) mass is 295 g/mol. The van der Waals surface area contributed by atoms with Gasteiger partial charge in [-0.25, -0.2) is 0 Å². The Hall–Kier alpha value is -0.480. The molecule has 0 N–H and O–H groups in total. The van der Waals surface area contributed by atoms with E-state index in [0.717, 1.165) is 25.1 Å². The highest BCUT2D eigenvalue weighted by atomic mass is 32.2. The number of nitrogens with zero attached hydrogens (tertiary/aromatic N) is 1. The zero-order valence-electron chi connectivity index (χ0n) is 11.4. The van der Waals surface area contributed by atoms with E-state index >= 15 is 0 Å². The number of amides is 1. The van der Waals surface area contributed by atoms with Crippen molar-refractivity contribution in [1.29, 1.82) is 0 Å². The summed E-state index contributed by atoms with van der Waals surface area (Å²) in [7, 11) is 0. The smallest absolute Gasteiger partial charge is 0.226 e. The van der Waals surface area contributed by atoms with Gasteiger partial charge in [-0.2, -0.15) is 0 Å². The Bertz CT molecular complexity index is 451. The molecule has 1 aliphatic heterocycles. The van der Waals surface area contributed by atoms with E-state index in [9.17, 15) is 4.79 Å². The highest BCUT2D eigenvalue weighted by molar-refractivity contribution is 7.99. The van der Waals surface area contributed by atoms with Crippen LogP contribution in [0.4, 0.5) is 0 Å². The van der Waals surface area contributed by atoms with Crippen molar-refractivity contribution in [3.05, 3.63) is 21.9 Å². The van der Waals surface area contributed by atoms with Crippen molar-refractivity contribution in [3.8, 4) is 0 Å². The van der Waals surface area contributed by atoms with E-state index in [1.807, 2.05) is 23.1 Å². The average Bonchev–Trinajstić information content (AvgIpc) is 3.07. The molecule has 3 rings (SSSR count). The summed E-state index contributed by atoms with van der Waals surface area (Å²) in [6.45, 7) is 3.07. The standard InChI is InChI=1S/C15H21NOS2/c1-11-7-8-13(19-11)15-16(9-10-18-15)14(17)12-5-3-2-4-6-12/h7-8,12,15H,2-6,9-10H2,1H3/t15-/m1/s1. The molecular formula is C15H21NOS2. The maximum Gasteiger partial charge on any atom is 0.226 e. The fraction of sp³-hybridized carbons (Fsp3) is 0.667. The molecule has 0 spiro atoms. The zero-order valence-corrected chi connectivity index (χ0v) is 13.1. The zero-order chi connectivity index (χ0) is 13.2. The lowest BCUT2D eigenvalue weighted by atomic mass is 9.88. The summed E-state index contributed by atoms with van der Waals surface area (Å²) >= 11 is 3.76. The van der Waals surface area contributed by atoms with Crippen LogP contribution in [0.2, 0.25) is 0 Å². The molecule has 4 heteroatoms. The van der Waals surface area contributed by atoms with Crippen LogP contribution in [0.5, 0.6) is 0 Å². The first kappa shape index (κ1) is 13.5. The number of rotatable bonds is 2. The number of aryl methyl sites for hydroxylation is 1. The molecule has 0 bridgehead atoms. The van der Waals surface area contributed by atoms with Gasteiger partial charge in [-0.05, 0) is 31.9 Å². The van der Waals surface area contributed by atoms with Gasteiger partial charge in [0.15, 0.2) is 0 Å². The number of hydrogen-bond donors (Lipinski definition) is 0. The van der Waals surface area contributed by atoms with Crippen molar-refractivity contribution in [1.82, 2.24) is 4.90 Å². The molecule has 1 aromatic heterocycles. The second kappa shape index (κ2) is 5.88. The minimum absolute atomic E-state index is 0.285. The van der Waals surface area contributed by atoms with E-state index in [-0.39, 0.29) is 5.37 Å². The normalized spacial score (nSPS) is 24.9. The van der Waals surface area contributed by atoms with Gasteiger partial charge in [0.2, 0.25) is 5.91 Å². The summed E-state index contributed by atoms with van der Waals surface area (Å²) in [6, 6.07) is 4.37. The summed E-state index contributed by atoms with van der Waals surface area (Å²) in [5, 5.41) is 0.285. The van der Waals surface area contributed by atoms with Crippen molar-refractivity contribution in [2.45, 2.75) is 44.4 Å². The Labute approximate surface area is 123 Å². The van der Waals surface area contributed by atoms with Crippen LogP contribution in [0.1, 0.15) is 47.2 Å². The van der Waals surface area contributed by atoms with Gasteiger partial charge >= 0.3 is 0 Å². The highest BCUT2D eigenvalue weighted by Gasteiger charge is 2.35. The van der Waals surface area contributed by atoms with Gasteiger partial charge in [0.25, 0.3) is 0 Å². The van der Waals surface area contributed by atoms with E-state index in [1.165, 1.54) is 29.0 Å². The van der Waals surface area contributed by atoms with Crippen LogP contribution in [0.3, 0.4) is 0 Å². The first-order valence-electron chi connectivity index (χ1n) is 7.24. The summed E-state index contributed by atoms with van der Waals surface area (Å²) in [6.07, 6.45) is 6.00. The van der Waals surface area contributed by atoms with Crippen LogP contribution >= 0.6 is 23.1 Å². The van der Waals surface area contributed by atoms with E-state index in [2.05, 4.69) is 24.0 Å². The topological polar surface area (TPSA) is 20.3 Å². The predicted molar refractivity (Wildman–Crippen MR) is 82.5 cm³/mol. The Morgan fingerprint density at radius 2 is 2.05 bits per heavy atom. The largest absolute Gasteiger partial charge is 0.325 e. The van der Waals surface area contributed by atoms with Gasteiger partial charge in [0.05, 0.1) is 0 Å². The third-order valence-electron chi connectivity index (χ3n) is 4.13. The minimum Gasteiger partial charge on any atom is -0.325 e. The van der Waals surface area contributed by atoms with Crippen molar-refractivity contribution < 1.29 is 4.79 Å². The fourth-order valence-electron chi connectivity index (χ4n) is 3.10. The summed E-state index contributed by atoms with van der Waals surface area (Å²) in [4.78, 5) is 17.5. The lowest BCUT2D eigenvalue weighted by Gasteiger charge is -2.29. The van der Waals surface area contributed by atoms with Crippen LogP contribution < -0.4 is 0 Å². The molecule has 2 heterocycles. The van der Waals surface area contributed by atoms with Crippen molar-refractivity contribution in [2.24, 2.45) is 5.92 Å². The molecule has 1 saturated carbocycles. The molecule has 104 valence electrons. The third-order valence-corrected chi connectivity index (χ3v) is 6.58. The molecule has 0 radical (unpaired) electrons. The Balaban J connectivity index is 1.73. The van der Waals surface area contributed by atoms with Crippen LogP contribution in [-0.4, -0.2) is 23.1 Å². The van der Waals surface area contributed by atoms with Crippen LogP contribution in [0.25, 0.3) is 0 Å². The van der Waals surface area contributed by atoms with Crippen molar-refractivity contribution in [2.75, 3.05) is 12.3 Å². The van der Waals surface area contributed by atoms with Crippen molar-refractivity contribution in [3.63, 3.8) is 0 Å². The Morgan fingerprint density at radius 3 is 2.74 bits per heavy atom. The molecule has 2 aliphatic rings. The molecule has 1 aromatic rings. The molecular weight excluding hydrogens is 274 g/mol. The minimum atomic E-state index is 0.285. The SMILES string of the molecule is Cc1ccc([C@H]2SCCN2C(=O)C2CCCCC2)s1. The molecule has 2 fully saturated rings. The molecule has 0 aromatic carbocycles. The van der Waals surface area contributed by atoms with Crippen LogP contribution in [0.15, 0.2) is 12.1 Å². The number of carbonyl (C=O) groups is 1. The van der Waals surface area contributed by atoms with Gasteiger partial charge in [0, 0.05) is 28.0 Å². The number of carbonyl (C=O) groups excluding carboxylic acids is 1. The second-order valence-electron chi connectivity index (χ2n) is 5.54. The predicted octanol–water partition coefficient (Wildman–Crippen LogP) is 4.21. The lowest BCUT2D eigenvalue weighted by Crippen LogP contribution is -2.36. The first-order chi connectivity index (χ1) is 9.25. The van der Waals surface area contributed by atoms with Gasteiger partial charge in [-0.1, -0.05) is 19.3 Å². The highest BCUT2D eigenvalue weighted by Crippen LogP contribution is 2.42. The molecule has 19 heavy (non-hydrogen) atoms. The Morgan fingerprint density at radius 1 is 1.26 bits per heavy atom. The van der Waals surface area contributed by atoms with Crippen LogP contribution in [-0.2, 0) is 4.79 Å². The quantitative estimate of drug-likeness (QED) is 0.814. The molecule has 1 saturated heterocycles. The van der Waals surface area contributed by atoms with Gasteiger partial charge in [-0.3, -0.25) is 4.79 Å². The third kappa shape index (κ3) is 2.84. The maximum atomic E-state index is 12.7. The molecule has 2 nitrogen and oxygen atoms in total. The van der Waals surface area contributed by atoms with Gasteiger partial charge in [-0.15, -0.1) is 23.1 Å². The number of thiophene rings is 1. The fourth-order valence-corrected chi connectivity index (χ4v) is 5.48. The molecule has 1 aliphatic carbocycles. The van der Waals surface area contributed by atoms with Gasteiger partial charge in [0.1, 0.15) is 5.37 Å². The summed E-state index contributed by atoms with van der Waals surface area (Å²) < 4.78 is 0. The molecule has 0 unspecified atom stereocenters. The average molecular weight is 295 g/mol. The summed E-state index contributed by atoms with van der Waals surface area (Å²) in [5.74, 6) is 1.80. The maximum absolute atomic E-state index is 12.7. The summed E-state index contributed by atoms with van der Waals surface area (Å²) in [5.41, 5.74) is 0. The van der Waals surface area contributed by atoms with Crippen LogP contribution in [0, 0.1) is 12.8 Å². The van der Waals surface area contributed by atoms with Gasteiger partial charge < -0.3 is 4.90 Å². The van der Waals surface area contributed by atoms with E-state index < -0.39 is 0 Å². The van der Waals surface area contributed by atoms with Crippen molar-refractivity contribution >= 4 is 29.0 Å². The molecule has 1 atom stereocenters. The Kier molecular flexibility index (Phi) is 4.18. The van der Waals surface area contributed by atoms with E-state index in [0.29, 0.717) is 11.8 Å². The lowest BCUT2D eigenvalue weighted by molar-refractivity contribution is -0.136.